The molecule has 0 aliphatic heterocycles. The van der Waals surface area contributed by atoms with Crippen molar-refractivity contribution in [2.24, 2.45) is 0 Å². The predicted molar refractivity (Wildman–Crippen MR) is 73.8 cm³/mol. The topological polar surface area (TPSA) is 12.5 Å². The van der Waals surface area contributed by atoms with Crippen LogP contribution in [-0.4, -0.2) is 26.8 Å². The van der Waals surface area contributed by atoms with Crippen LogP contribution < -0.4 is 4.90 Å². The van der Waals surface area contributed by atoms with Crippen LogP contribution in [0.2, 0.25) is 5.02 Å². The minimum Gasteiger partial charge on any atom is -0.380 e. The lowest BCUT2D eigenvalue weighted by atomic mass is 10.2. The molecule has 0 saturated heterocycles. The number of likely N-dealkylation sites (N-methyl/N-ethyl adjacent to an activating group) is 1. The van der Waals surface area contributed by atoms with E-state index in [2.05, 4.69) is 26.9 Å². The Hall–Kier alpha value is -0.250. The molecule has 1 aromatic rings. The van der Waals surface area contributed by atoms with Crippen LogP contribution in [0.15, 0.2) is 18.2 Å². The van der Waals surface area contributed by atoms with Gasteiger partial charge in [0.05, 0.1) is 6.61 Å². The smallest absolute Gasteiger partial charge is 0.0641 e. The molecule has 0 fully saturated rings. The molecule has 0 N–H and O–H groups in total. The van der Waals surface area contributed by atoms with E-state index in [1.54, 1.807) is 0 Å². The zero-order chi connectivity index (χ0) is 12.0. The first-order valence-electron chi connectivity index (χ1n) is 5.32. The van der Waals surface area contributed by atoms with Crippen LogP contribution in [0.4, 0.5) is 5.69 Å². The molecule has 1 aromatic carbocycles. The Morgan fingerprint density at radius 3 is 2.75 bits per heavy atom. The van der Waals surface area contributed by atoms with Gasteiger partial charge in [-0.05, 0) is 24.6 Å². The summed E-state index contributed by atoms with van der Waals surface area (Å²) in [5, 5.41) is 1.59. The Morgan fingerprint density at radius 1 is 1.44 bits per heavy atom. The van der Waals surface area contributed by atoms with E-state index in [-0.39, 0.29) is 0 Å². The summed E-state index contributed by atoms with van der Waals surface area (Å²) < 4.78 is 5.32. The molecule has 4 heteroatoms. The first kappa shape index (κ1) is 13.8. The van der Waals surface area contributed by atoms with Gasteiger partial charge in [-0.2, -0.15) is 0 Å². The van der Waals surface area contributed by atoms with Crippen LogP contribution >= 0.6 is 27.5 Å². The molecule has 0 bridgehead atoms. The number of rotatable bonds is 6. The van der Waals surface area contributed by atoms with Gasteiger partial charge in [0.15, 0.2) is 0 Å². The maximum atomic E-state index is 6.15. The highest BCUT2D eigenvalue weighted by Crippen LogP contribution is 2.24. The molecule has 0 unspecified atom stereocenters. The minimum absolute atomic E-state index is 0.741. The van der Waals surface area contributed by atoms with Crippen molar-refractivity contribution in [3.63, 3.8) is 0 Å². The van der Waals surface area contributed by atoms with Crippen molar-refractivity contribution < 1.29 is 4.74 Å². The summed E-state index contributed by atoms with van der Waals surface area (Å²) >= 11 is 9.55. The monoisotopic (exact) mass is 305 g/mol. The number of nitrogens with zero attached hydrogens (tertiary/aromatic N) is 1. The zero-order valence-electron chi connectivity index (χ0n) is 9.67. The standard InChI is InChI=1S/C12H17BrClNO/c1-3-16-7-6-15(2)11-5-4-10(9-13)12(14)8-11/h4-5,8H,3,6-7,9H2,1-2H3. The summed E-state index contributed by atoms with van der Waals surface area (Å²) in [7, 11) is 2.04. The van der Waals surface area contributed by atoms with Gasteiger partial charge in [0.25, 0.3) is 0 Å². The zero-order valence-corrected chi connectivity index (χ0v) is 12.0. The van der Waals surface area contributed by atoms with E-state index in [1.165, 1.54) is 0 Å². The lowest BCUT2D eigenvalue weighted by Gasteiger charge is -2.19. The van der Waals surface area contributed by atoms with Gasteiger partial charge in [-0.3, -0.25) is 0 Å². The molecular formula is C12H17BrClNO. The van der Waals surface area contributed by atoms with Crippen LogP contribution in [-0.2, 0) is 10.1 Å². The Bertz CT molecular complexity index is 333. The fourth-order valence-electron chi connectivity index (χ4n) is 1.36. The molecule has 0 aliphatic carbocycles. The van der Waals surface area contributed by atoms with Gasteiger partial charge in [-0.1, -0.05) is 33.6 Å². The molecule has 0 saturated carbocycles. The Balaban J connectivity index is 2.62. The van der Waals surface area contributed by atoms with Crippen molar-refractivity contribution in [3.8, 4) is 0 Å². The van der Waals surface area contributed by atoms with E-state index in [1.807, 2.05) is 26.1 Å². The van der Waals surface area contributed by atoms with E-state index in [0.717, 1.165) is 41.4 Å². The summed E-state index contributed by atoms with van der Waals surface area (Å²) in [6, 6.07) is 6.11. The number of alkyl halides is 1. The van der Waals surface area contributed by atoms with Crippen LogP contribution in [0.5, 0.6) is 0 Å². The van der Waals surface area contributed by atoms with Crippen LogP contribution in [0.25, 0.3) is 0 Å². The first-order valence-corrected chi connectivity index (χ1v) is 6.82. The number of ether oxygens (including phenoxy) is 1. The highest BCUT2D eigenvalue weighted by Gasteiger charge is 2.04. The average molecular weight is 307 g/mol. The third-order valence-corrected chi connectivity index (χ3v) is 3.35. The molecule has 2 nitrogen and oxygen atoms in total. The quantitative estimate of drug-likeness (QED) is 0.587. The van der Waals surface area contributed by atoms with Crippen molar-refractivity contribution in [2.75, 3.05) is 31.7 Å². The molecule has 16 heavy (non-hydrogen) atoms. The van der Waals surface area contributed by atoms with Gasteiger partial charge in [0.2, 0.25) is 0 Å². The summed E-state index contributed by atoms with van der Waals surface area (Å²) in [6.07, 6.45) is 0. The average Bonchev–Trinajstić information content (AvgIpc) is 2.29. The van der Waals surface area contributed by atoms with Gasteiger partial charge in [0.1, 0.15) is 0 Å². The van der Waals surface area contributed by atoms with Gasteiger partial charge in [-0.25, -0.2) is 0 Å². The second-order valence-corrected chi connectivity index (χ2v) is 4.50. The van der Waals surface area contributed by atoms with E-state index in [4.69, 9.17) is 16.3 Å². The van der Waals surface area contributed by atoms with Gasteiger partial charge in [-0.15, -0.1) is 0 Å². The fraction of sp³-hybridized carbons (Fsp3) is 0.500. The molecular weight excluding hydrogens is 289 g/mol. The highest BCUT2D eigenvalue weighted by atomic mass is 79.9. The number of hydrogen-bond acceptors (Lipinski definition) is 2. The molecule has 0 spiro atoms. The van der Waals surface area contributed by atoms with E-state index in [9.17, 15) is 0 Å². The molecule has 0 radical (unpaired) electrons. The second-order valence-electron chi connectivity index (χ2n) is 3.53. The van der Waals surface area contributed by atoms with E-state index >= 15 is 0 Å². The third kappa shape index (κ3) is 3.96. The molecule has 1 rings (SSSR count). The Kier molecular flexibility index (Phi) is 6.17. The van der Waals surface area contributed by atoms with Gasteiger partial charge in [0, 0.05) is 36.2 Å². The maximum Gasteiger partial charge on any atom is 0.0641 e. The highest BCUT2D eigenvalue weighted by molar-refractivity contribution is 9.08. The van der Waals surface area contributed by atoms with Crippen LogP contribution in [0.1, 0.15) is 12.5 Å². The predicted octanol–water partition coefficient (Wildman–Crippen LogP) is 3.71. The van der Waals surface area contributed by atoms with Crippen LogP contribution in [0.3, 0.4) is 0 Å². The van der Waals surface area contributed by atoms with Crippen molar-refractivity contribution >= 4 is 33.2 Å². The van der Waals surface area contributed by atoms with Crippen LogP contribution in [0, 0.1) is 0 Å². The van der Waals surface area contributed by atoms with Crippen molar-refractivity contribution in [3.05, 3.63) is 28.8 Å². The van der Waals surface area contributed by atoms with Crippen molar-refractivity contribution in [1.29, 1.82) is 0 Å². The second kappa shape index (κ2) is 7.15. The SMILES string of the molecule is CCOCCN(C)c1ccc(CBr)c(Cl)c1. The molecule has 0 aromatic heterocycles. The lowest BCUT2D eigenvalue weighted by molar-refractivity contribution is 0.154. The molecule has 0 aliphatic rings. The maximum absolute atomic E-state index is 6.15. The molecule has 0 atom stereocenters. The summed E-state index contributed by atoms with van der Waals surface area (Å²) in [4.78, 5) is 2.14. The summed E-state index contributed by atoms with van der Waals surface area (Å²) in [5.41, 5.74) is 2.23. The van der Waals surface area contributed by atoms with Gasteiger partial charge >= 0.3 is 0 Å². The Labute approximate surface area is 111 Å². The van der Waals surface area contributed by atoms with E-state index < -0.39 is 0 Å². The summed E-state index contributed by atoms with van der Waals surface area (Å²) in [6.45, 7) is 4.38. The summed E-state index contributed by atoms with van der Waals surface area (Å²) in [5.74, 6) is 0. The molecule has 0 amide bonds. The Morgan fingerprint density at radius 2 is 2.19 bits per heavy atom. The molecule has 90 valence electrons. The number of benzene rings is 1. The van der Waals surface area contributed by atoms with Crippen molar-refractivity contribution in [1.82, 2.24) is 0 Å². The number of hydrogen-bond donors (Lipinski definition) is 0. The third-order valence-electron chi connectivity index (χ3n) is 2.40. The largest absolute Gasteiger partial charge is 0.380 e. The normalized spacial score (nSPS) is 10.5. The molecule has 0 heterocycles. The minimum atomic E-state index is 0.741. The van der Waals surface area contributed by atoms with Gasteiger partial charge < -0.3 is 9.64 Å². The number of anilines is 1. The first-order chi connectivity index (χ1) is 7.69. The van der Waals surface area contributed by atoms with Crippen molar-refractivity contribution in [2.45, 2.75) is 12.3 Å². The fourth-order valence-corrected chi connectivity index (χ4v) is 2.25. The lowest BCUT2D eigenvalue weighted by Crippen LogP contribution is -2.22. The van der Waals surface area contributed by atoms with E-state index in [0.29, 0.717) is 0 Å². The number of halogens is 2.